The number of pyridine rings is 1. The van der Waals surface area contributed by atoms with Crippen LogP contribution in [0.2, 0.25) is 0 Å². The van der Waals surface area contributed by atoms with Gasteiger partial charge in [0.1, 0.15) is 16.0 Å². The third-order valence-corrected chi connectivity index (χ3v) is 7.99. The summed E-state index contributed by atoms with van der Waals surface area (Å²) in [6.07, 6.45) is 2.01. The summed E-state index contributed by atoms with van der Waals surface area (Å²) < 4.78 is 12.1. The van der Waals surface area contributed by atoms with E-state index in [2.05, 4.69) is 0 Å². The van der Waals surface area contributed by atoms with Crippen molar-refractivity contribution in [2.45, 2.75) is 26.3 Å². The summed E-state index contributed by atoms with van der Waals surface area (Å²) in [6.45, 7) is 1.68. The van der Waals surface area contributed by atoms with Crippen LogP contribution in [-0.2, 0) is 11.3 Å². The number of carbonyl (C=O) groups excluding carboxylic acids is 2. The second-order valence-corrected chi connectivity index (χ2v) is 10.8. The number of benzene rings is 2. The Bertz CT molecular complexity index is 1670. The van der Waals surface area contributed by atoms with Gasteiger partial charge in [0.2, 0.25) is 12.7 Å². The van der Waals surface area contributed by atoms with Crippen molar-refractivity contribution in [1.29, 1.82) is 5.26 Å². The Morgan fingerprint density at radius 2 is 1.93 bits per heavy atom. The number of hydrogen-bond acceptors (Lipinski definition) is 9. The maximum atomic E-state index is 13.3. The number of amides is 1. The first-order valence-electron chi connectivity index (χ1n) is 12.4. The van der Waals surface area contributed by atoms with Gasteiger partial charge in [-0.05, 0) is 48.2 Å². The van der Waals surface area contributed by atoms with Crippen LogP contribution >= 0.6 is 24.0 Å². The lowest BCUT2D eigenvalue weighted by molar-refractivity contribution is -0.122. The van der Waals surface area contributed by atoms with Gasteiger partial charge in [0, 0.05) is 13.0 Å². The normalized spacial score (nSPS) is 15.1. The Kier molecular flexibility index (Phi) is 7.73. The fourth-order valence-corrected chi connectivity index (χ4v) is 5.88. The van der Waals surface area contributed by atoms with E-state index in [1.165, 1.54) is 23.6 Å². The Morgan fingerprint density at radius 3 is 2.67 bits per heavy atom. The monoisotopic (exact) mass is 573 g/mol. The molecule has 1 aromatic heterocycles. The lowest BCUT2D eigenvalue weighted by atomic mass is 9.99. The molecule has 0 spiro atoms. The number of thioether (sulfide) groups is 1. The van der Waals surface area contributed by atoms with Crippen molar-refractivity contribution in [1.82, 2.24) is 9.47 Å². The van der Waals surface area contributed by atoms with Crippen molar-refractivity contribution in [2.24, 2.45) is 0 Å². The van der Waals surface area contributed by atoms with E-state index >= 15 is 0 Å². The summed E-state index contributed by atoms with van der Waals surface area (Å²) in [5.74, 6) is -0.121. The number of rotatable bonds is 8. The Morgan fingerprint density at radius 1 is 1.18 bits per heavy atom. The summed E-state index contributed by atoms with van der Waals surface area (Å²) in [5, 5.41) is 20.7. The first-order chi connectivity index (χ1) is 19.3. The topological polar surface area (TPSA) is 122 Å². The predicted octanol–water partition coefficient (Wildman–Crippen LogP) is 4.38. The number of fused-ring (bicyclic) bond motifs is 1. The number of aromatic nitrogens is 1. The first-order valence-corrected chi connectivity index (χ1v) is 13.6. The fraction of sp³-hybridized carbons (Fsp3) is 0.207. The Labute approximate surface area is 239 Å². The highest BCUT2D eigenvalue weighted by atomic mass is 32.2. The summed E-state index contributed by atoms with van der Waals surface area (Å²) in [5.41, 5.74) is 0.609. The van der Waals surface area contributed by atoms with Crippen molar-refractivity contribution >= 4 is 46.1 Å². The van der Waals surface area contributed by atoms with Crippen LogP contribution in [0.25, 0.3) is 6.08 Å². The van der Waals surface area contributed by atoms with Gasteiger partial charge in [-0.1, -0.05) is 60.4 Å². The third kappa shape index (κ3) is 5.23. The molecule has 1 amide bonds. The van der Waals surface area contributed by atoms with E-state index in [0.29, 0.717) is 26.3 Å². The first kappa shape index (κ1) is 27.2. The molecule has 202 valence electrons. The lowest BCUT2D eigenvalue weighted by Crippen LogP contribution is -2.30. The molecular formula is C29H23N3O6S2. The number of aromatic hydroxyl groups is 1. The molecule has 2 aliphatic rings. The number of nitrogens with zero attached hydrogens (tertiary/aromatic N) is 3. The maximum Gasteiger partial charge on any atom is 0.271 e. The quantitative estimate of drug-likeness (QED) is 0.238. The van der Waals surface area contributed by atoms with Gasteiger partial charge in [-0.3, -0.25) is 23.9 Å². The van der Waals surface area contributed by atoms with Gasteiger partial charge in [0.25, 0.3) is 11.5 Å². The Balaban J connectivity index is 1.33. The van der Waals surface area contributed by atoms with E-state index in [4.69, 9.17) is 21.7 Å². The average molecular weight is 574 g/mol. The van der Waals surface area contributed by atoms with Gasteiger partial charge >= 0.3 is 0 Å². The highest BCUT2D eigenvalue weighted by Crippen LogP contribution is 2.34. The van der Waals surface area contributed by atoms with Crippen LogP contribution in [0.4, 0.5) is 0 Å². The number of ketones is 1. The van der Waals surface area contributed by atoms with Gasteiger partial charge in [-0.15, -0.1) is 0 Å². The second kappa shape index (κ2) is 11.4. The van der Waals surface area contributed by atoms with Gasteiger partial charge in [0.15, 0.2) is 17.3 Å². The largest absolute Gasteiger partial charge is 0.494 e. The van der Waals surface area contributed by atoms with Crippen molar-refractivity contribution < 1.29 is 24.2 Å². The summed E-state index contributed by atoms with van der Waals surface area (Å²) >= 11 is 6.60. The van der Waals surface area contributed by atoms with E-state index in [1.807, 2.05) is 36.4 Å². The third-order valence-electron chi connectivity index (χ3n) is 6.61. The van der Waals surface area contributed by atoms with Crippen LogP contribution < -0.4 is 15.0 Å². The zero-order valence-electron chi connectivity index (χ0n) is 21.4. The molecule has 1 N–H and O–H groups in total. The predicted molar refractivity (Wildman–Crippen MR) is 153 cm³/mol. The molecule has 0 aliphatic carbocycles. The van der Waals surface area contributed by atoms with Crippen LogP contribution in [0, 0.1) is 18.3 Å². The van der Waals surface area contributed by atoms with Crippen LogP contribution in [0.15, 0.2) is 58.2 Å². The highest BCUT2D eigenvalue weighted by molar-refractivity contribution is 8.26. The zero-order valence-corrected chi connectivity index (χ0v) is 23.0. The number of ether oxygens (including phenoxy) is 2. The molecule has 1 fully saturated rings. The molecule has 2 aliphatic heterocycles. The highest BCUT2D eigenvalue weighted by Gasteiger charge is 2.32. The number of thiocarbonyl (C=S) groups is 1. The molecule has 40 heavy (non-hydrogen) atoms. The molecule has 3 aromatic rings. The molecule has 0 radical (unpaired) electrons. The number of nitriles is 1. The molecule has 9 nitrogen and oxygen atoms in total. The van der Waals surface area contributed by atoms with Crippen LogP contribution in [0.3, 0.4) is 0 Å². The Hall–Kier alpha value is -4.40. The van der Waals surface area contributed by atoms with Gasteiger partial charge in [-0.2, -0.15) is 5.26 Å². The number of carbonyl (C=O) groups is 2. The molecule has 0 unspecified atom stereocenters. The standard InChI is InChI=1S/C29H23N3O6S2/c1-17-20(14-30)26(34)32(15-19-9-10-22-23(12-19)38-16-37-22)28(36)25(17)21(33)8-5-11-31-27(35)24(40-29(31)39)13-18-6-3-2-4-7-18/h2-4,6-7,9-10,12-13,36H,5,8,11,15-16H2,1H3/b24-13-. The molecule has 0 saturated carbocycles. The SMILES string of the molecule is Cc1c(C(=O)CCCN2C(=O)/C(=C/c3ccccc3)SC2=S)c(O)n(Cc2ccc3c(c2)OCO3)c(=O)c1C#N. The van der Waals surface area contributed by atoms with Crippen molar-refractivity contribution in [3.63, 3.8) is 0 Å². The van der Waals surface area contributed by atoms with E-state index in [9.17, 15) is 24.8 Å². The minimum atomic E-state index is -0.700. The van der Waals surface area contributed by atoms with E-state index in [0.717, 1.165) is 10.1 Å². The second-order valence-electron chi connectivity index (χ2n) is 9.16. The zero-order chi connectivity index (χ0) is 28.4. The van der Waals surface area contributed by atoms with Gasteiger partial charge < -0.3 is 14.6 Å². The molecule has 0 atom stereocenters. The van der Waals surface area contributed by atoms with E-state index in [1.54, 1.807) is 24.3 Å². The molecule has 5 rings (SSSR count). The fourth-order valence-electron chi connectivity index (χ4n) is 4.57. The molecule has 0 bridgehead atoms. The summed E-state index contributed by atoms with van der Waals surface area (Å²) in [7, 11) is 0. The lowest BCUT2D eigenvalue weighted by Gasteiger charge is -2.17. The van der Waals surface area contributed by atoms with Crippen LogP contribution in [0.1, 0.15) is 45.5 Å². The number of hydrogen-bond donors (Lipinski definition) is 1. The summed E-state index contributed by atoms with van der Waals surface area (Å²) in [4.78, 5) is 41.2. The minimum Gasteiger partial charge on any atom is -0.494 e. The smallest absolute Gasteiger partial charge is 0.271 e. The molecule has 3 heterocycles. The van der Waals surface area contributed by atoms with Crippen molar-refractivity contribution in [3.05, 3.63) is 91.6 Å². The van der Waals surface area contributed by atoms with Gasteiger partial charge in [-0.25, -0.2) is 0 Å². The maximum absolute atomic E-state index is 13.3. The average Bonchev–Trinajstić information content (AvgIpc) is 3.51. The summed E-state index contributed by atoms with van der Waals surface area (Å²) in [6, 6.07) is 16.4. The van der Waals surface area contributed by atoms with Crippen LogP contribution in [0.5, 0.6) is 17.4 Å². The minimum absolute atomic E-state index is 0.0315. The molecule has 11 heteroatoms. The molecular weight excluding hydrogens is 550 g/mol. The molecule has 1 saturated heterocycles. The number of Topliss-reactive ketones (excluding diaryl/α,β-unsaturated/α-hetero) is 1. The van der Waals surface area contributed by atoms with E-state index in [-0.39, 0.29) is 55.3 Å². The van der Waals surface area contributed by atoms with E-state index < -0.39 is 17.2 Å². The van der Waals surface area contributed by atoms with Crippen molar-refractivity contribution in [2.75, 3.05) is 13.3 Å². The van der Waals surface area contributed by atoms with Crippen LogP contribution in [-0.4, -0.2) is 43.9 Å². The molecule has 2 aromatic carbocycles. The van der Waals surface area contributed by atoms with Crippen molar-refractivity contribution in [3.8, 4) is 23.4 Å². The van der Waals surface area contributed by atoms with Gasteiger partial charge in [0.05, 0.1) is 17.0 Å².